The minimum atomic E-state index is -1.98. The standard InChI is InChI=1S/C10H6P4.C4H12O4Si4/c1-2-4-8-7(3-1)5-6-9-10(8)12-14-13-11-9;1-11(2)6-9-5-10-7-12(3,4)8-11/h1-6H;1-4H3. The van der Waals surface area contributed by atoms with Gasteiger partial charge in [0.2, 0.25) is 0 Å². The number of fused-ring (bicyclic) bond motifs is 3. The highest BCUT2D eigenvalue weighted by Gasteiger charge is 2.38. The summed E-state index contributed by atoms with van der Waals surface area (Å²) in [5.41, 5.74) is 0. The number of benzene rings is 2. The van der Waals surface area contributed by atoms with Crippen LogP contribution < -0.4 is 0 Å². The number of rotatable bonds is 0. The van der Waals surface area contributed by atoms with E-state index >= 15 is 0 Å². The molecule has 0 amide bonds. The number of hydrogen-bond donors (Lipinski definition) is 0. The Morgan fingerprint density at radius 1 is 0.808 bits per heavy atom. The first-order chi connectivity index (χ1) is 12.4. The van der Waals surface area contributed by atoms with Crippen LogP contribution in [0.5, 0.6) is 0 Å². The highest BCUT2D eigenvalue weighted by atomic mass is 32.3. The first-order valence-corrected chi connectivity index (χ1v) is 20.9. The summed E-state index contributed by atoms with van der Waals surface area (Å²) in [6.45, 7) is 8.04. The Morgan fingerprint density at radius 2 is 1.46 bits per heavy atom. The molecule has 4 nitrogen and oxygen atoms in total. The molecule has 0 bridgehead atoms. The maximum absolute atomic E-state index is 5.83. The summed E-state index contributed by atoms with van der Waals surface area (Å²) >= 11 is 0. The lowest BCUT2D eigenvalue weighted by Gasteiger charge is -2.34. The first kappa shape index (κ1) is 21.3. The molecule has 4 radical (unpaired) electrons. The van der Waals surface area contributed by atoms with Crippen molar-refractivity contribution in [1.82, 2.24) is 0 Å². The van der Waals surface area contributed by atoms with E-state index in [1.54, 1.807) is 5.12 Å². The zero-order valence-electron chi connectivity index (χ0n) is 14.9. The third-order valence-corrected chi connectivity index (χ3v) is 20.8. The summed E-state index contributed by atoms with van der Waals surface area (Å²) < 4.78 is 22.0. The Bertz CT molecular complexity index is 828. The predicted octanol–water partition coefficient (Wildman–Crippen LogP) is 6.85. The molecule has 2 heterocycles. The molecule has 1 aliphatic heterocycles. The van der Waals surface area contributed by atoms with Gasteiger partial charge >= 0.3 is 37.1 Å². The molecule has 4 rings (SSSR count). The van der Waals surface area contributed by atoms with Crippen LogP contribution in [0.15, 0.2) is 36.4 Å². The molecule has 3 aromatic rings. The van der Waals surface area contributed by atoms with Crippen molar-refractivity contribution in [3.8, 4) is 0 Å². The third kappa shape index (κ3) is 6.05. The Labute approximate surface area is 167 Å². The topological polar surface area (TPSA) is 36.9 Å². The van der Waals surface area contributed by atoms with Gasteiger partial charge in [-0.15, -0.1) is 0 Å². The Hall–Kier alpha value is 0.608. The van der Waals surface area contributed by atoms with Gasteiger partial charge in [-0.25, -0.2) is 0 Å². The Kier molecular flexibility index (Phi) is 7.71. The fourth-order valence-electron chi connectivity index (χ4n) is 2.46. The minimum absolute atomic E-state index is 0.0640. The molecule has 2 aromatic carbocycles. The third-order valence-electron chi connectivity index (χ3n) is 3.37. The van der Waals surface area contributed by atoms with Gasteiger partial charge in [0, 0.05) is 10.2 Å². The fourth-order valence-corrected chi connectivity index (χ4v) is 19.5. The van der Waals surface area contributed by atoms with Crippen molar-refractivity contribution in [3.05, 3.63) is 36.4 Å². The summed E-state index contributed by atoms with van der Waals surface area (Å²) in [5.74, 6) is 0. The first-order valence-electron chi connectivity index (χ1n) is 7.92. The van der Waals surface area contributed by atoms with Crippen molar-refractivity contribution in [2.45, 2.75) is 26.2 Å². The lowest BCUT2D eigenvalue weighted by molar-refractivity contribution is 0.286. The van der Waals surface area contributed by atoms with Gasteiger partial charge in [-0.05, 0) is 73.9 Å². The maximum atomic E-state index is 5.83. The molecule has 0 unspecified atom stereocenters. The summed E-state index contributed by atoms with van der Waals surface area (Å²) in [7, 11) is 2.17. The van der Waals surface area contributed by atoms with E-state index in [2.05, 4.69) is 36.4 Å². The van der Waals surface area contributed by atoms with Gasteiger partial charge in [0.15, 0.2) is 0 Å². The van der Waals surface area contributed by atoms with E-state index in [0.29, 0.717) is 0 Å². The van der Waals surface area contributed by atoms with Gasteiger partial charge in [0.25, 0.3) is 0 Å². The Balaban J connectivity index is 0.000000153. The van der Waals surface area contributed by atoms with Gasteiger partial charge in [-0.3, -0.25) is 0 Å². The van der Waals surface area contributed by atoms with E-state index in [4.69, 9.17) is 16.5 Å². The van der Waals surface area contributed by atoms with Gasteiger partial charge in [-0.1, -0.05) is 30.3 Å². The van der Waals surface area contributed by atoms with Crippen LogP contribution in [0.1, 0.15) is 0 Å². The average molecular weight is 487 g/mol. The van der Waals surface area contributed by atoms with Crippen LogP contribution in [0.25, 0.3) is 21.0 Å². The smallest absolute Gasteiger partial charge is 0.412 e. The highest BCUT2D eigenvalue weighted by molar-refractivity contribution is 8.31. The number of hydrogen-bond acceptors (Lipinski definition) is 4. The van der Waals surface area contributed by atoms with Crippen LogP contribution in [0.2, 0.25) is 26.2 Å². The van der Waals surface area contributed by atoms with Crippen LogP contribution in [0.3, 0.4) is 0 Å². The summed E-state index contributed by atoms with van der Waals surface area (Å²) in [6.07, 6.45) is 0. The van der Waals surface area contributed by atoms with E-state index in [0.717, 1.165) is 0 Å². The summed E-state index contributed by atoms with van der Waals surface area (Å²) in [4.78, 5) is 0. The quantitative estimate of drug-likeness (QED) is 0.257. The minimum Gasteiger partial charge on any atom is -0.416 e. The lowest BCUT2D eigenvalue weighted by Crippen LogP contribution is -2.52. The highest BCUT2D eigenvalue weighted by Crippen LogP contribution is 2.47. The lowest BCUT2D eigenvalue weighted by atomic mass is 10.1. The van der Waals surface area contributed by atoms with E-state index in [-0.39, 0.29) is 20.0 Å². The molecule has 0 atom stereocenters. The summed E-state index contributed by atoms with van der Waals surface area (Å²) in [5, 5.41) is 5.89. The second-order valence-corrected chi connectivity index (χ2v) is 22.8. The zero-order chi connectivity index (χ0) is 18.6. The van der Waals surface area contributed by atoms with Crippen LogP contribution in [0.4, 0.5) is 0 Å². The zero-order valence-corrected chi connectivity index (χ0v) is 22.5. The second-order valence-electron chi connectivity index (χ2n) is 6.41. The average Bonchev–Trinajstić information content (AvgIpc) is 2.60. The van der Waals surface area contributed by atoms with Crippen LogP contribution in [0, 0.1) is 0 Å². The molecule has 1 saturated heterocycles. The van der Waals surface area contributed by atoms with Crippen molar-refractivity contribution in [3.63, 3.8) is 0 Å². The molecular formula is C14H18O4P4Si4. The van der Waals surface area contributed by atoms with Crippen LogP contribution >= 0.6 is 30.8 Å². The molecule has 1 aliphatic rings. The normalized spacial score (nSPS) is 20.5. The van der Waals surface area contributed by atoms with Crippen molar-refractivity contribution < 1.29 is 16.5 Å². The molecule has 134 valence electrons. The van der Waals surface area contributed by atoms with Gasteiger partial charge in [0.05, 0.1) is 0 Å². The van der Waals surface area contributed by atoms with Crippen molar-refractivity contribution in [2.75, 3.05) is 0 Å². The van der Waals surface area contributed by atoms with Crippen molar-refractivity contribution in [2.24, 2.45) is 0 Å². The SMILES string of the molecule is C[Si]1(C)O[Si]O[Si]O[Si](C)(C)O1.c1ccc2c(c1)ccc1ppppc12. The van der Waals surface area contributed by atoms with E-state index < -0.39 is 17.1 Å². The van der Waals surface area contributed by atoms with E-state index in [9.17, 15) is 0 Å². The molecule has 0 N–H and O–H groups in total. The van der Waals surface area contributed by atoms with E-state index in [1.807, 2.05) is 26.2 Å². The maximum Gasteiger partial charge on any atom is 0.412 e. The van der Waals surface area contributed by atoms with Gasteiger partial charge in [0.1, 0.15) is 0 Å². The molecular weight excluding hydrogens is 468 g/mol. The van der Waals surface area contributed by atoms with Gasteiger partial charge < -0.3 is 16.5 Å². The largest absolute Gasteiger partial charge is 0.416 e. The fraction of sp³-hybridized carbons (Fsp3) is 0.286. The molecule has 0 saturated carbocycles. The summed E-state index contributed by atoms with van der Waals surface area (Å²) in [6, 6.07) is 13.2. The van der Waals surface area contributed by atoms with E-state index in [1.165, 1.54) is 46.7 Å². The monoisotopic (exact) mass is 486 g/mol. The molecule has 0 aliphatic carbocycles. The molecule has 0 spiro atoms. The van der Waals surface area contributed by atoms with Crippen molar-refractivity contribution >= 4 is 89.0 Å². The predicted molar refractivity (Wildman–Crippen MR) is 122 cm³/mol. The second kappa shape index (κ2) is 9.40. The van der Waals surface area contributed by atoms with Crippen LogP contribution in [-0.2, 0) is 16.5 Å². The molecule has 1 aromatic heterocycles. The molecule has 1 fully saturated rings. The van der Waals surface area contributed by atoms with Gasteiger partial charge in [-0.2, -0.15) is 0 Å². The molecule has 12 heteroatoms. The van der Waals surface area contributed by atoms with Crippen molar-refractivity contribution in [1.29, 1.82) is 0 Å². The van der Waals surface area contributed by atoms with Crippen LogP contribution in [-0.4, -0.2) is 37.1 Å². The Morgan fingerprint density at radius 3 is 2.19 bits per heavy atom. The molecule has 26 heavy (non-hydrogen) atoms.